The molecule has 1 aliphatic heterocycles. The molecule has 1 unspecified atom stereocenters. The maximum Gasteiger partial charge on any atom is 0.297 e. The van der Waals surface area contributed by atoms with E-state index in [1.165, 1.54) is 16.2 Å². The average Bonchev–Trinajstić information content (AvgIpc) is 3.47. The van der Waals surface area contributed by atoms with Crippen LogP contribution in [0.15, 0.2) is 61.7 Å². The summed E-state index contributed by atoms with van der Waals surface area (Å²) in [5.41, 5.74) is 1.11. The highest BCUT2D eigenvalue weighted by Crippen LogP contribution is 2.44. The van der Waals surface area contributed by atoms with Gasteiger partial charge in [0.05, 0.1) is 30.2 Å². The maximum absolute atomic E-state index is 13.8. The van der Waals surface area contributed by atoms with Crippen molar-refractivity contribution in [3.63, 3.8) is 0 Å². The number of anilines is 1. The largest absolute Gasteiger partial charge is 0.490 e. The predicted octanol–water partition coefficient (Wildman–Crippen LogP) is 6.59. The molecule has 0 aliphatic carbocycles. The number of benzene rings is 2. The molecular formula is C27H25BrN2O5S. The molecule has 0 spiro atoms. The van der Waals surface area contributed by atoms with Gasteiger partial charge in [-0.2, -0.15) is 0 Å². The first-order valence-electron chi connectivity index (χ1n) is 11.8. The Bertz CT molecular complexity index is 1480. The quantitative estimate of drug-likeness (QED) is 0.238. The van der Waals surface area contributed by atoms with Crippen molar-refractivity contribution in [2.75, 3.05) is 18.1 Å². The van der Waals surface area contributed by atoms with Gasteiger partial charge in [0.15, 0.2) is 22.1 Å². The summed E-state index contributed by atoms with van der Waals surface area (Å²) < 4.78 is 18.7. The molecule has 36 heavy (non-hydrogen) atoms. The Labute approximate surface area is 220 Å². The summed E-state index contributed by atoms with van der Waals surface area (Å²) in [4.78, 5) is 33.3. The molecule has 9 heteroatoms. The van der Waals surface area contributed by atoms with Crippen molar-refractivity contribution in [1.29, 1.82) is 0 Å². The van der Waals surface area contributed by atoms with Gasteiger partial charge in [0.25, 0.3) is 5.91 Å². The van der Waals surface area contributed by atoms with E-state index in [2.05, 4.69) is 34.8 Å². The van der Waals surface area contributed by atoms with Crippen LogP contribution in [0.1, 0.15) is 54.9 Å². The minimum atomic E-state index is -0.720. The number of hydrogen-bond acceptors (Lipinski definition) is 7. The number of ether oxygens (including phenoxy) is 2. The first kappa shape index (κ1) is 24.5. The molecule has 0 N–H and O–H groups in total. The van der Waals surface area contributed by atoms with E-state index in [1.807, 2.05) is 25.1 Å². The van der Waals surface area contributed by atoms with Gasteiger partial charge in [0.2, 0.25) is 5.76 Å². The number of amides is 1. The number of nitrogens with zero attached hydrogens (tertiary/aromatic N) is 2. The molecule has 3 heterocycles. The summed E-state index contributed by atoms with van der Waals surface area (Å²) in [5, 5.41) is 2.68. The second-order valence-electron chi connectivity index (χ2n) is 8.88. The fourth-order valence-electron chi connectivity index (χ4n) is 4.28. The smallest absolute Gasteiger partial charge is 0.297 e. The van der Waals surface area contributed by atoms with Gasteiger partial charge in [-0.15, -0.1) is 11.3 Å². The topological polar surface area (TPSA) is 81.9 Å². The molecule has 1 atom stereocenters. The Morgan fingerprint density at radius 2 is 1.97 bits per heavy atom. The third kappa shape index (κ3) is 4.41. The Morgan fingerprint density at radius 1 is 1.14 bits per heavy atom. The van der Waals surface area contributed by atoms with Gasteiger partial charge in [-0.3, -0.25) is 14.5 Å². The lowest BCUT2D eigenvalue weighted by Gasteiger charge is -2.23. The standard InChI is InChI=1S/C27H25BrN2O5S/c1-4-33-21-13-16(5-7-20(21)34-11-9-15(2)3)23-22-24(31)18-14-17(28)6-8-19(18)35-25(22)26(32)30(23)27-29-10-12-36-27/h5-8,10,12-15,23H,4,9,11H2,1-3H3. The van der Waals surface area contributed by atoms with E-state index in [9.17, 15) is 9.59 Å². The SMILES string of the molecule is CCOc1cc(C2c3c(oc4ccc(Br)cc4c3=O)C(=O)N2c2nccs2)ccc1OCCC(C)C. The van der Waals surface area contributed by atoms with Gasteiger partial charge < -0.3 is 13.9 Å². The highest BCUT2D eigenvalue weighted by molar-refractivity contribution is 9.10. The molecule has 186 valence electrons. The van der Waals surface area contributed by atoms with E-state index >= 15 is 0 Å². The van der Waals surface area contributed by atoms with Crippen LogP contribution in [-0.2, 0) is 0 Å². The zero-order valence-electron chi connectivity index (χ0n) is 20.1. The Kier molecular flexibility index (Phi) is 6.85. The van der Waals surface area contributed by atoms with Crippen LogP contribution in [0.25, 0.3) is 11.0 Å². The van der Waals surface area contributed by atoms with Crippen molar-refractivity contribution in [3.05, 3.63) is 79.6 Å². The van der Waals surface area contributed by atoms with E-state index < -0.39 is 11.9 Å². The van der Waals surface area contributed by atoms with Crippen LogP contribution in [0.2, 0.25) is 0 Å². The van der Waals surface area contributed by atoms with Gasteiger partial charge in [-0.05, 0) is 55.2 Å². The van der Waals surface area contributed by atoms with Crippen molar-refractivity contribution in [2.24, 2.45) is 5.92 Å². The van der Waals surface area contributed by atoms with Gasteiger partial charge in [0, 0.05) is 16.0 Å². The third-order valence-electron chi connectivity index (χ3n) is 5.99. The van der Waals surface area contributed by atoms with Crippen LogP contribution in [0, 0.1) is 5.92 Å². The van der Waals surface area contributed by atoms with Gasteiger partial charge in [0.1, 0.15) is 5.58 Å². The molecule has 0 saturated carbocycles. The zero-order valence-corrected chi connectivity index (χ0v) is 22.5. The highest BCUT2D eigenvalue weighted by atomic mass is 79.9. The Hall–Kier alpha value is -3.17. The molecule has 0 radical (unpaired) electrons. The van der Waals surface area contributed by atoms with E-state index in [0.29, 0.717) is 52.3 Å². The number of carbonyl (C=O) groups excluding carboxylic acids is 1. The Balaban J connectivity index is 1.67. The molecule has 1 amide bonds. The van der Waals surface area contributed by atoms with Crippen LogP contribution < -0.4 is 19.8 Å². The third-order valence-corrected chi connectivity index (χ3v) is 7.26. The van der Waals surface area contributed by atoms with Crippen molar-refractivity contribution in [1.82, 2.24) is 4.98 Å². The second kappa shape index (κ2) is 10.1. The zero-order chi connectivity index (χ0) is 25.4. The van der Waals surface area contributed by atoms with Crippen LogP contribution in [0.3, 0.4) is 0 Å². The molecule has 7 nitrogen and oxygen atoms in total. The fourth-order valence-corrected chi connectivity index (χ4v) is 5.31. The molecule has 0 saturated heterocycles. The van der Waals surface area contributed by atoms with Gasteiger partial charge in [-0.25, -0.2) is 4.98 Å². The summed E-state index contributed by atoms with van der Waals surface area (Å²) in [7, 11) is 0. The van der Waals surface area contributed by atoms with Gasteiger partial charge in [-0.1, -0.05) is 35.8 Å². The minimum Gasteiger partial charge on any atom is -0.490 e. The minimum absolute atomic E-state index is 0.0326. The monoisotopic (exact) mass is 568 g/mol. The van der Waals surface area contributed by atoms with Crippen molar-refractivity contribution < 1.29 is 18.7 Å². The number of carbonyl (C=O) groups is 1. The molecule has 0 bridgehead atoms. The predicted molar refractivity (Wildman–Crippen MR) is 144 cm³/mol. The summed E-state index contributed by atoms with van der Waals surface area (Å²) in [6, 6.07) is 10.0. The first-order chi connectivity index (χ1) is 17.4. The summed E-state index contributed by atoms with van der Waals surface area (Å²) in [5.74, 6) is 1.34. The summed E-state index contributed by atoms with van der Waals surface area (Å²) >= 11 is 4.75. The van der Waals surface area contributed by atoms with Crippen LogP contribution in [0.4, 0.5) is 5.13 Å². The first-order valence-corrected chi connectivity index (χ1v) is 13.4. The second-order valence-corrected chi connectivity index (χ2v) is 10.7. The van der Waals surface area contributed by atoms with Crippen molar-refractivity contribution >= 4 is 49.3 Å². The number of fused-ring (bicyclic) bond motifs is 2. The molecular weight excluding hydrogens is 544 g/mol. The van der Waals surface area contributed by atoms with E-state index in [-0.39, 0.29) is 16.8 Å². The van der Waals surface area contributed by atoms with E-state index in [4.69, 9.17) is 13.9 Å². The van der Waals surface area contributed by atoms with Crippen molar-refractivity contribution in [2.45, 2.75) is 33.2 Å². The van der Waals surface area contributed by atoms with E-state index in [1.54, 1.807) is 29.8 Å². The van der Waals surface area contributed by atoms with Crippen LogP contribution >= 0.6 is 27.3 Å². The lowest BCUT2D eigenvalue weighted by atomic mass is 9.98. The highest BCUT2D eigenvalue weighted by Gasteiger charge is 2.45. The maximum atomic E-state index is 13.8. The van der Waals surface area contributed by atoms with Crippen LogP contribution in [-0.4, -0.2) is 24.1 Å². The number of aromatic nitrogens is 1. The Morgan fingerprint density at radius 3 is 2.69 bits per heavy atom. The lowest BCUT2D eigenvalue weighted by Crippen LogP contribution is -2.29. The van der Waals surface area contributed by atoms with E-state index in [0.717, 1.165) is 10.9 Å². The molecule has 0 fully saturated rings. The molecule has 5 rings (SSSR count). The van der Waals surface area contributed by atoms with Gasteiger partial charge >= 0.3 is 0 Å². The molecule has 2 aromatic carbocycles. The summed E-state index contributed by atoms with van der Waals surface area (Å²) in [6.45, 7) is 7.20. The van der Waals surface area contributed by atoms with Crippen molar-refractivity contribution in [3.8, 4) is 11.5 Å². The normalized spacial score (nSPS) is 15.1. The lowest BCUT2D eigenvalue weighted by molar-refractivity contribution is 0.0971. The molecule has 2 aromatic heterocycles. The molecule has 1 aliphatic rings. The number of rotatable bonds is 8. The number of halogens is 1. The average molecular weight is 569 g/mol. The summed E-state index contributed by atoms with van der Waals surface area (Å²) in [6.07, 6.45) is 2.55. The number of thiazole rings is 1. The molecule has 4 aromatic rings. The fraction of sp³-hybridized carbons (Fsp3) is 0.296. The van der Waals surface area contributed by atoms with Crippen LogP contribution in [0.5, 0.6) is 11.5 Å². The number of hydrogen-bond donors (Lipinski definition) is 0.